The van der Waals surface area contributed by atoms with Gasteiger partial charge in [0, 0.05) is 23.4 Å². The second kappa shape index (κ2) is 7.56. The number of nitrogens with zero attached hydrogens (tertiary/aromatic N) is 2. The number of fused-ring (bicyclic) bond motifs is 1. The number of thiazole rings is 1. The number of rotatable bonds is 5. The van der Waals surface area contributed by atoms with E-state index < -0.39 is 0 Å². The van der Waals surface area contributed by atoms with E-state index in [1.807, 2.05) is 25.2 Å². The number of amides is 1. The highest BCUT2D eigenvalue weighted by Crippen LogP contribution is 2.33. The number of aryl methyl sites for hydroxylation is 1. The number of ether oxygens (including phenoxy) is 2. The number of methoxy groups -OCH3 is 2. The summed E-state index contributed by atoms with van der Waals surface area (Å²) < 4.78 is 26.1. The zero-order chi connectivity index (χ0) is 20.5. The summed E-state index contributed by atoms with van der Waals surface area (Å²) in [5, 5.41) is 5.82. The summed E-state index contributed by atoms with van der Waals surface area (Å²) in [7, 11) is 4.93. The van der Waals surface area contributed by atoms with Crippen molar-refractivity contribution >= 4 is 33.3 Å². The minimum Gasteiger partial charge on any atom is -0.496 e. The van der Waals surface area contributed by atoms with Crippen LogP contribution < -0.4 is 14.8 Å². The molecule has 0 unspecified atom stereocenters. The van der Waals surface area contributed by atoms with Crippen molar-refractivity contribution in [1.82, 2.24) is 9.55 Å². The average Bonchev–Trinajstić information content (AvgIpc) is 3.32. The number of nitrogens with one attached hydrogen (secondary N) is 1. The van der Waals surface area contributed by atoms with Crippen LogP contribution in [-0.4, -0.2) is 29.7 Å². The smallest absolute Gasteiger partial charge is 0.274 e. The van der Waals surface area contributed by atoms with Gasteiger partial charge in [-0.3, -0.25) is 10.1 Å². The zero-order valence-corrected chi connectivity index (χ0v) is 16.8. The van der Waals surface area contributed by atoms with Crippen molar-refractivity contribution in [3.8, 4) is 22.8 Å². The van der Waals surface area contributed by atoms with Crippen molar-refractivity contribution < 1.29 is 18.7 Å². The first-order valence-electron chi connectivity index (χ1n) is 8.75. The molecule has 0 radical (unpaired) electrons. The third-order valence-electron chi connectivity index (χ3n) is 4.66. The molecule has 6 nitrogen and oxygen atoms in total. The highest BCUT2D eigenvalue weighted by atomic mass is 32.1. The maximum absolute atomic E-state index is 13.7. The Bertz CT molecular complexity index is 1220. The van der Waals surface area contributed by atoms with Gasteiger partial charge in [0.2, 0.25) is 0 Å². The highest BCUT2D eigenvalue weighted by molar-refractivity contribution is 7.14. The van der Waals surface area contributed by atoms with Gasteiger partial charge in [-0.25, -0.2) is 9.37 Å². The third kappa shape index (κ3) is 3.42. The topological polar surface area (TPSA) is 65.4 Å². The van der Waals surface area contributed by atoms with Crippen LogP contribution in [0.4, 0.5) is 9.52 Å². The van der Waals surface area contributed by atoms with Crippen molar-refractivity contribution in [2.75, 3.05) is 19.5 Å². The van der Waals surface area contributed by atoms with E-state index in [1.54, 1.807) is 29.2 Å². The lowest BCUT2D eigenvalue weighted by Gasteiger charge is -2.06. The molecule has 0 bridgehead atoms. The minimum atomic E-state index is -0.385. The summed E-state index contributed by atoms with van der Waals surface area (Å²) >= 11 is 1.26. The van der Waals surface area contributed by atoms with Crippen LogP contribution in [0.5, 0.6) is 11.5 Å². The second-order valence-electron chi connectivity index (χ2n) is 6.32. The van der Waals surface area contributed by atoms with Crippen molar-refractivity contribution in [3.63, 3.8) is 0 Å². The number of carbonyl (C=O) groups excluding carboxylic acids is 1. The van der Waals surface area contributed by atoms with Crippen LogP contribution >= 0.6 is 11.3 Å². The molecule has 29 heavy (non-hydrogen) atoms. The number of anilines is 1. The number of hydrogen-bond donors (Lipinski definition) is 1. The molecule has 4 aromatic rings. The second-order valence-corrected chi connectivity index (χ2v) is 7.18. The molecule has 0 aliphatic rings. The molecule has 2 aromatic carbocycles. The van der Waals surface area contributed by atoms with Gasteiger partial charge in [-0.05, 0) is 36.4 Å². The van der Waals surface area contributed by atoms with Gasteiger partial charge < -0.3 is 14.0 Å². The van der Waals surface area contributed by atoms with Crippen molar-refractivity contribution in [3.05, 3.63) is 59.4 Å². The summed E-state index contributed by atoms with van der Waals surface area (Å²) in [5.41, 5.74) is 2.42. The summed E-state index contributed by atoms with van der Waals surface area (Å²) in [4.78, 5) is 17.3. The van der Waals surface area contributed by atoms with E-state index in [-0.39, 0.29) is 11.7 Å². The Hall–Kier alpha value is -3.39. The Morgan fingerprint density at radius 2 is 1.93 bits per heavy atom. The molecule has 0 aliphatic carbocycles. The lowest BCUT2D eigenvalue weighted by Crippen LogP contribution is -2.15. The van der Waals surface area contributed by atoms with Gasteiger partial charge >= 0.3 is 0 Å². The largest absolute Gasteiger partial charge is 0.496 e. The Balaban J connectivity index is 1.63. The van der Waals surface area contributed by atoms with Crippen LogP contribution in [0.3, 0.4) is 0 Å². The molecule has 0 aliphatic heterocycles. The fourth-order valence-electron chi connectivity index (χ4n) is 3.23. The molecule has 1 N–H and O–H groups in total. The first-order valence-corrected chi connectivity index (χ1v) is 9.63. The van der Waals surface area contributed by atoms with Crippen molar-refractivity contribution in [2.45, 2.75) is 0 Å². The van der Waals surface area contributed by atoms with E-state index in [0.717, 1.165) is 10.9 Å². The van der Waals surface area contributed by atoms with Crippen LogP contribution in [-0.2, 0) is 7.05 Å². The summed E-state index contributed by atoms with van der Waals surface area (Å²) in [5.74, 6) is 0.531. The Kier molecular flexibility index (Phi) is 4.94. The molecular formula is C21H18FN3O3S. The molecule has 8 heteroatoms. The first-order chi connectivity index (χ1) is 14.0. The fourth-order valence-corrected chi connectivity index (χ4v) is 3.93. The normalized spacial score (nSPS) is 10.9. The molecule has 4 rings (SSSR count). The minimum absolute atomic E-state index is 0.294. The number of halogens is 1. The standard InChI is InChI=1S/C21H18FN3O3S/c1-25-16-5-4-6-18(27-2)14(16)10-17(25)20(26)24-21-23-15(11-29-21)13-9-12(22)7-8-19(13)28-3/h4-11H,1-3H3,(H,23,24,26). The van der Waals surface area contributed by atoms with Gasteiger partial charge in [0.15, 0.2) is 5.13 Å². The van der Waals surface area contributed by atoms with Gasteiger partial charge in [-0.1, -0.05) is 6.07 Å². The van der Waals surface area contributed by atoms with E-state index in [0.29, 0.717) is 33.6 Å². The molecule has 1 amide bonds. The molecular weight excluding hydrogens is 393 g/mol. The predicted molar refractivity (Wildman–Crippen MR) is 111 cm³/mol. The lowest BCUT2D eigenvalue weighted by atomic mass is 10.1. The fraction of sp³-hybridized carbons (Fsp3) is 0.143. The molecule has 0 saturated carbocycles. The average molecular weight is 411 g/mol. The zero-order valence-electron chi connectivity index (χ0n) is 16.0. The Morgan fingerprint density at radius 1 is 1.14 bits per heavy atom. The number of aromatic nitrogens is 2. The summed E-state index contributed by atoms with van der Waals surface area (Å²) in [6, 6.07) is 11.7. The van der Waals surface area contributed by atoms with Gasteiger partial charge in [-0.15, -0.1) is 11.3 Å². The van der Waals surface area contributed by atoms with Crippen molar-refractivity contribution in [2.24, 2.45) is 7.05 Å². The van der Waals surface area contributed by atoms with E-state index in [1.165, 1.54) is 30.6 Å². The summed E-state index contributed by atoms with van der Waals surface area (Å²) in [6.07, 6.45) is 0. The van der Waals surface area contributed by atoms with Crippen molar-refractivity contribution in [1.29, 1.82) is 0 Å². The molecule has 0 saturated heterocycles. The van der Waals surface area contributed by atoms with E-state index in [9.17, 15) is 9.18 Å². The van der Waals surface area contributed by atoms with Gasteiger partial charge in [0.05, 0.1) is 25.4 Å². The highest BCUT2D eigenvalue weighted by Gasteiger charge is 2.18. The van der Waals surface area contributed by atoms with Crippen LogP contribution in [0.1, 0.15) is 10.5 Å². The maximum atomic E-state index is 13.7. The molecule has 0 fully saturated rings. The predicted octanol–water partition coefficient (Wildman–Crippen LogP) is 4.71. The molecule has 2 aromatic heterocycles. The molecule has 2 heterocycles. The van der Waals surface area contributed by atoms with Crippen LogP contribution in [0.25, 0.3) is 22.2 Å². The molecule has 148 valence electrons. The summed E-state index contributed by atoms with van der Waals surface area (Å²) in [6.45, 7) is 0. The van der Waals surface area contributed by atoms with Crippen LogP contribution in [0.15, 0.2) is 47.8 Å². The maximum Gasteiger partial charge on any atom is 0.274 e. The van der Waals surface area contributed by atoms with Gasteiger partial charge in [-0.2, -0.15) is 0 Å². The van der Waals surface area contributed by atoms with E-state index in [4.69, 9.17) is 9.47 Å². The SMILES string of the molecule is COc1ccc(F)cc1-c1csc(NC(=O)c2cc3c(OC)cccc3n2C)n1. The number of carbonyl (C=O) groups is 1. The van der Waals surface area contributed by atoms with E-state index >= 15 is 0 Å². The number of hydrogen-bond acceptors (Lipinski definition) is 5. The monoisotopic (exact) mass is 411 g/mol. The quantitative estimate of drug-likeness (QED) is 0.517. The Morgan fingerprint density at radius 3 is 2.69 bits per heavy atom. The third-order valence-corrected chi connectivity index (χ3v) is 5.42. The van der Waals surface area contributed by atoms with E-state index in [2.05, 4.69) is 10.3 Å². The molecule has 0 atom stereocenters. The van der Waals surface area contributed by atoms with Gasteiger partial charge in [0.1, 0.15) is 23.0 Å². The first kappa shape index (κ1) is 18.9. The van der Waals surface area contributed by atoms with Crippen LogP contribution in [0, 0.1) is 5.82 Å². The Labute approximate surface area is 170 Å². The van der Waals surface area contributed by atoms with Crippen LogP contribution in [0.2, 0.25) is 0 Å². The number of benzene rings is 2. The molecule has 0 spiro atoms. The lowest BCUT2D eigenvalue weighted by molar-refractivity contribution is 0.101. The van der Waals surface area contributed by atoms with Gasteiger partial charge in [0.25, 0.3) is 5.91 Å².